The number of carbonyl (C=O) groups excluding carboxylic acids is 1. The van der Waals surface area contributed by atoms with Crippen molar-refractivity contribution >= 4 is 17.7 Å². The molecule has 0 N–H and O–H groups in total. The molecule has 0 unspecified atom stereocenters. The summed E-state index contributed by atoms with van der Waals surface area (Å²) in [6.07, 6.45) is 0. The molecule has 1 aromatic heterocycles. The fraction of sp³-hybridized carbons (Fsp3) is 0.333. The Morgan fingerprint density at radius 1 is 1.62 bits per heavy atom. The van der Waals surface area contributed by atoms with Crippen molar-refractivity contribution in [3.63, 3.8) is 0 Å². The van der Waals surface area contributed by atoms with Crippen LogP contribution < -0.4 is 0 Å². The summed E-state index contributed by atoms with van der Waals surface area (Å²) in [5.41, 5.74) is 0.362. The third kappa shape index (κ3) is 2.73. The second-order valence-corrected chi connectivity index (χ2v) is 3.57. The molecule has 0 aliphatic rings. The van der Waals surface area contributed by atoms with Crippen LogP contribution in [0.25, 0.3) is 0 Å². The summed E-state index contributed by atoms with van der Waals surface area (Å²) in [4.78, 5) is 15.2. The van der Waals surface area contributed by atoms with Crippen molar-refractivity contribution < 1.29 is 9.53 Å². The molecular weight excluding hydrogens is 186 g/mol. The first-order chi connectivity index (χ1) is 6.27. The van der Waals surface area contributed by atoms with E-state index >= 15 is 0 Å². The van der Waals surface area contributed by atoms with Gasteiger partial charge in [-0.3, -0.25) is 0 Å². The average molecular weight is 197 g/mol. The zero-order chi connectivity index (χ0) is 9.68. The van der Waals surface area contributed by atoms with Gasteiger partial charge in [0.2, 0.25) is 0 Å². The summed E-state index contributed by atoms with van der Waals surface area (Å²) in [5, 5.41) is 0.852. The number of rotatable bonds is 3. The van der Waals surface area contributed by atoms with Crippen LogP contribution in [0.15, 0.2) is 23.2 Å². The molecule has 13 heavy (non-hydrogen) atoms. The fourth-order valence-electron chi connectivity index (χ4n) is 0.861. The summed E-state index contributed by atoms with van der Waals surface area (Å²) in [5.74, 6) is 0.552. The van der Waals surface area contributed by atoms with Crippen LogP contribution in [-0.2, 0) is 4.74 Å². The molecule has 3 nitrogen and oxygen atoms in total. The fourth-order valence-corrected chi connectivity index (χ4v) is 1.49. The van der Waals surface area contributed by atoms with E-state index in [9.17, 15) is 4.79 Å². The first-order valence-corrected chi connectivity index (χ1v) is 4.94. The normalized spacial score (nSPS) is 9.69. The van der Waals surface area contributed by atoms with Crippen LogP contribution in [0.4, 0.5) is 0 Å². The third-order valence-corrected chi connectivity index (χ3v) is 2.22. The summed E-state index contributed by atoms with van der Waals surface area (Å²) in [6.45, 7) is 2.04. The molecule has 0 bridgehead atoms. The standard InChI is InChI=1S/C9H11NO2S/c1-3-13-8-6-4-5-7(10-8)9(11)12-2/h4-6H,3H2,1-2H3. The van der Waals surface area contributed by atoms with E-state index < -0.39 is 5.97 Å². The number of esters is 1. The van der Waals surface area contributed by atoms with Crippen LogP contribution in [0.3, 0.4) is 0 Å². The largest absolute Gasteiger partial charge is 0.464 e. The summed E-state index contributed by atoms with van der Waals surface area (Å²) in [6, 6.07) is 5.32. The molecule has 0 saturated carbocycles. The molecule has 0 radical (unpaired) electrons. The molecule has 0 aliphatic carbocycles. The quantitative estimate of drug-likeness (QED) is 0.548. The van der Waals surface area contributed by atoms with Gasteiger partial charge in [-0.15, -0.1) is 11.8 Å². The van der Waals surface area contributed by atoms with Gasteiger partial charge >= 0.3 is 5.97 Å². The van der Waals surface area contributed by atoms with Gasteiger partial charge in [-0.05, 0) is 17.9 Å². The average Bonchev–Trinajstić information content (AvgIpc) is 2.18. The van der Waals surface area contributed by atoms with E-state index in [4.69, 9.17) is 0 Å². The van der Waals surface area contributed by atoms with Gasteiger partial charge in [-0.1, -0.05) is 13.0 Å². The second kappa shape index (κ2) is 4.87. The Labute approximate surface area is 81.5 Å². The predicted octanol–water partition coefficient (Wildman–Crippen LogP) is 1.98. The number of ether oxygens (including phenoxy) is 1. The summed E-state index contributed by atoms with van der Waals surface area (Å²) >= 11 is 1.60. The third-order valence-electron chi connectivity index (χ3n) is 1.41. The minimum Gasteiger partial charge on any atom is -0.464 e. The monoisotopic (exact) mass is 197 g/mol. The number of nitrogens with zero attached hydrogens (tertiary/aromatic N) is 1. The maximum atomic E-state index is 11.1. The molecular formula is C9H11NO2S. The maximum Gasteiger partial charge on any atom is 0.356 e. The van der Waals surface area contributed by atoms with Gasteiger partial charge in [0.05, 0.1) is 12.1 Å². The van der Waals surface area contributed by atoms with Crippen molar-refractivity contribution in [2.24, 2.45) is 0 Å². The van der Waals surface area contributed by atoms with E-state index in [0.717, 1.165) is 10.8 Å². The number of thioether (sulfide) groups is 1. The maximum absolute atomic E-state index is 11.1. The lowest BCUT2D eigenvalue weighted by molar-refractivity contribution is 0.0593. The highest BCUT2D eigenvalue weighted by molar-refractivity contribution is 7.99. The Bertz CT molecular complexity index is 301. The molecule has 0 spiro atoms. The van der Waals surface area contributed by atoms with Gasteiger partial charge in [0.1, 0.15) is 5.69 Å². The Hall–Kier alpha value is -1.03. The lowest BCUT2D eigenvalue weighted by Gasteiger charge is -2.00. The van der Waals surface area contributed by atoms with Gasteiger partial charge in [-0.25, -0.2) is 9.78 Å². The Morgan fingerprint density at radius 2 is 2.38 bits per heavy atom. The van der Waals surface area contributed by atoms with E-state index in [2.05, 4.69) is 9.72 Å². The molecule has 0 aromatic carbocycles. The number of carbonyl (C=O) groups is 1. The van der Waals surface area contributed by atoms with Crippen LogP contribution in [0, 0.1) is 0 Å². The topological polar surface area (TPSA) is 39.2 Å². The van der Waals surface area contributed by atoms with E-state index in [-0.39, 0.29) is 0 Å². The Balaban J connectivity index is 2.85. The number of aromatic nitrogens is 1. The molecule has 0 amide bonds. The highest BCUT2D eigenvalue weighted by Crippen LogP contribution is 2.14. The molecule has 0 aliphatic heterocycles. The number of methoxy groups -OCH3 is 1. The number of hydrogen-bond donors (Lipinski definition) is 0. The minimum absolute atomic E-state index is 0.362. The lowest BCUT2D eigenvalue weighted by atomic mass is 10.4. The van der Waals surface area contributed by atoms with Crippen molar-refractivity contribution in [3.05, 3.63) is 23.9 Å². The smallest absolute Gasteiger partial charge is 0.356 e. The van der Waals surface area contributed by atoms with Gasteiger partial charge < -0.3 is 4.74 Å². The van der Waals surface area contributed by atoms with Gasteiger partial charge in [0.15, 0.2) is 0 Å². The zero-order valence-corrected chi connectivity index (χ0v) is 8.43. The molecule has 0 atom stereocenters. The van der Waals surface area contributed by atoms with Crippen LogP contribution >= 0.6 is 11.8 Å². The predicted molar refractivity (Wildman–Crippen MR) is 52.0 cm³/mol. The summed E-state index contributed by atoms with van der Waals surface area (Å²) < 4.78 is 4.56. The SMILES string of the molecule is CCSc1cccc(C(=O)OC)n1. The van der Waals surface area contributed by atoms with Crippen molar-refractivity contribution in [2.75, 3.05) is 12.9 Å². The first kappa shape index (κ1) is 10.1. The van der Waals surface area contributed by atoms with E-state index in [1.807, 2.05) is 13.0 Å². The second-order valence-electron chi connectivity index (χ2n) is 2.29. The molecule has 4 heteroatoms. The van der Waals surface area contributed by atoms with Gasteiger partial charge in [0, 0.05) is 0 Å². The molecule has 1 aromatic rings. The van der Waals surface area contributed by atoms with E-state index in [1.54, 1.807) is 23.9 Å². The highest BCUT2D eigenvalue weighted by atomic mass is 32.2. The van der Waals surface area contributed by atoms with Crippen LogP contribution in [0.1, 0.15) is 17.4 Å². The molecule has 70 valence electrons. The molecule has 0 fully saturated rings. The number of hydrogen-bond acceptors (Lipinski definition) is 4. The molecule has 0 saturated heterocycles. The zero-order valence-electron chi connectivity index (χ0n) is 7.61. The van der Waals surface area contributed by atoms with Crippen LogP contribution in [-0.4, -0.2) is 23.8 Å². The van der Waals surface area contributed by atoms with Gasteiger partial charge in [0.25, 0.3) is 0 Å². The summed E-state index contributed by atoms with van der Waals surface area (Å²) in [7, 11) is 1.35. The first-order valence-electron chi connectivity index (χ1n) is 3.96. The Morgan fingerprint density at radius 3 is 3.00 bits per heavy atom. The minimum atomic E-state index is -0.390. The highest BCUT2D eigenvalue weighted by Gasteiger charge is 2.06. The lowest BCUT2D eigenvalue weighted by Crippen LogP contribution is -2.04. The molecule has 1 rings (SSSR count). The van der Waals surface area contributed by atoms with Crippen molar-refractivity contribution in [1.29, 1.82) is 0 Å². The number of pyridine rings is 1. The van der Waals surface area contributed by atoms with E-state index in [0.29, 0.717) is 5.69 Å². The molecule has 1 heterocycles. The van der Waals surface area contributed by atoms with Gasteiger partial charge in [-0.2, -0.15) is 0 Å². The van der Waals surface area contributed by atoms with E-state index in [1.165, 1.54) is 7.11 Å². The van der Waals surface area contributed by atoms with Crippen LogP contribution in [0.2, 0.25) is 0 Å². The van der Waals surface area contributed by atoms with Crippen LogP contribution in [0.5, 0.6) is 0 Å². The van der Waals surface area contributed by atoms with Crippen molar-refractivity contribution in [2.45, 2.75) is 11.9 Å². The van der Waals surface area contributed by atoms with Crippen molar-refractivity contribution in [3.8, 4) is 0 Å². The van der Waals surface area contributed by atoms with Crippen molar-refractivity contribution in [1.82, 2.24) is 4.98 Å². The Kier molecular flexibility index (Phi) is 3.76.